The second-order valence-corrected chi connectivity index (χ2v) is 22.4. The zero-order chi connectivity index (χ0) is 55.0. The highest BCUT2D eigenvalue weighted by Gasteiger charge is 2.19. The monoisotopic (exact) mass is 1060 g/mol. The lowest BCUT2D eigenvalue weighted by Gasteiger charge is -2.18. The lowest BCUT2D eigenvalue weighted by Crippen LogP contribution is -2.30. The van der Waals surface area contributed by atoms with E-state index in [0.717, 1.165) is 83.5 Å². The molecule has 0 spiro atoms. The summed E-state index contributed by atoms with van der Waals surface area (Å²) in [5, 5.41) is 0. The fourth-order valence-corrected chi connectivity index (χ4v) is 9.66. The number of unbranched alkanes of at least 4 members (excludes halogenated alkanes) is 40. The van der Waals surface area contributed by atoms with E-state index in [1.54, 1.807) is 0 Å². The lowest BCUT2D eigenvalue weighted by molar-refractivity contribution is -0.167. The van der Waals surface area contributed by atoms with Crippen LogP contribution in [0.2, 0.25) is 0 Å². The Hall–Kier alpha value is -2.89. The summed E-state index contributed by atoms with van der Waals surface area (Å²) in [5.74, 6) is -0.878. The topological polar surface area (TPSA) is 78.9 Å². The number of hydrogen-bond donors (Lipinski definition) is 0. The SMILES string of the molecule is CCCC/C=C\CCCCCCCC(=O)OCC(COC(=O)CCCCCCCCCCCCCCCCCCC/C=C\C/C=C\CCCCCCC)OC(=O)CCCCCCCCC/C=C\C/C=C\CCCCCC. The quantitative estimate of drug-likeness (QED) is 0.0261. The van der Waals surface area contributed by atoms with Crippen LogP contribution in [0.3, 0.4) is 0 Å². The first-order valence-corrected chi connectivity index (χ1v) is 33.3. The number of ether oxygens (including phenoxy) is 3. The third kappa shape index (κ3) is 62.0. The molecule has 0 N–H and O–H groups in total. The summed E-state index contributed by atoms with van der Waals surface area (Å²) in [4.78, 5) is 38.3. The predicted octanol–water partition coefficient (Wildman–Crippen LogP) is 22.7. The molecule has 1 atom stereocenters. The molecule has 0 aromatic carbocycles. The minimum absolute atomic E-state index is 0.0773. The Morgan fingerprint density at radius 1 is 0.263 bits per heavy atom. The van der Waals surface area contributed by atoms with Gasteiger partial charge >= 0.3 is 17.9 Å². The van der Waals surface area contributed by atoms with Crippen LogP contribution in [0.5, 0.6) is 0 Å². The van der Waals surface area contributed by atoms with E-state index in [1.165, 1.54) is 225 Å². The number of hydrogen-bond acceptors (Lipinski definition) is 6. The fourth-order valence-electron chi connectivity index (χ4n) is 9.66. The van der Waals surface area contributed by atoms with E-state index < -0.39 is 6.10 Å². The maximum Gasteiger partial charge on any atom is 0.306 e. The minimum Gasteiger partial charge on any atom is -0.462 e. The molecule has 0 aliphatic carbocycles. The van der Waals surface area contributed by atoms with Crippen LogP contribution >= 0.6 is 0 Å². The molecule has 0 aromatic rings. The van der Waals surface area contributed by atoms with Crippen LogP contribution in [0.15, 0.2) is 60.8 Å². The van der Waals surface area contributed by atoms with E-state index in [1.807, 2.05) is 0 Å². The van der Waals surface area contributed by atoms with E-state index in [-0.39, 0.29) is 31.1 Å². The molecule has 0 saturated carbocycles. The van der Waals surface area contributed by atoms with Crippen molar-refractivity contribution in [3.05, 3.63) is 60.8 Å². The molecule has 6 heteroatoms. The highest BCUT2D eigenvalue weighted by atomic mass is 16.6. The number of allylic oxidation sites excluding steroid dienone is 10. The summed E-state index contributed by atoms with van der Waals surface area (Å²) in [6.07, 6.45) is 82.4. The van der Waals surface area contributed by atoms with Gasteiger partial charge in [0, 0.05) is 19.3 Å². The Morgan fingerprint density at radius 3 is 0.789 bits per heavy atom. The van der Waals surface area contributed by atoms with Crippen molar-refractivity contribution in [2.24, 2.45) is 0 Å². The molecular weight excluding hydrogens is 937 g/mol. The van der Waals surface area contributed by atoms with E-state index in [0.29, 0.717) is 19.3 Å². The average molecular weight is 1060 g/mol. The zero-order valence-electron chi connectivity index (χ0n) is 50.8. The molecule has 6 nitrogen and oxygen atoms in total. The minimum atomic E-state index is -0.781. The van der Waals surface area contributed by atoms with E-state index in [4.69, 9.17) is 14.2 Å². The summed E-state index contributed by atoms with van der Waals surface area (Å²) in [6, 6.07) is 0. The Kier molecular flexibility index (Phi) is 62.2. The van der Waals surface area contributed by atoms with Gasteiger partial charge in [-0.1, -0.05) is 287 Å². The van der Waals surface area contributed by atoms with Crippen molar-refractivity contribution in [3.8, 4) is 0 Å². The molecular formula is C70H126O6. The predicted molar refractivity (Wildman–Crippen MR) is 330 cm³/mol. The van der Waals surface area contributed by atoms with Crippen LogP contribution in [0.25, 0.3) is 0 Å². The molecule has 0 radical (unpaired) electrons. The second kappa shape index (κ2) is 64.6. The second-order valence-electron chi connectivity index (χ2n) is 22.4. The normalized spacial score (nSPS) is 12.4. The smallest absolute Gasteiger partial charge is 0.306 e. The van der Waals surface area contributed by atoms with Crippen LogP contribution in [0, 0.1) is 0 Å². The highest BCUT2D eigenvalue weighted by Crippen LogP contribution is 2.17. The lowest BCUT2D eigenvalue weighted by atomic mass is 10.0. The van der Waals surface area contributed by atoms with Gasteiger partial charge in [-0.25, -0.2) is 0 Å². The molecule has 0 aliphatic rings. The molecule has 0 saturated heterocycles. The summed E-state index contributed by atoms with van der Waals surface area (Å²) < 4.78 is 16.9. The van der Waals surface area contributed by atoms with E-state index >= 15 is 0 Å². The van der Waals surface area contributed by atoms with Gasteiger partial charge in [0.25, 0.3) is 0 Å². The maximum atomic E-state index is 12.9. The van der Waals surface area contributed by atoms with Gasteiger partial charge in [0.1, 0.15) is 13.2 Å². The molecule has 1 unspecified atom stereocenters. The van der Waals surface area contributed by atoms with Gasteiger partial charge in [0.2, 0.25) is 0 Å². The Balaban J connectivity index is 4.18. The van der Waals surface area contributed by atoms with Gasteiger partial charge in [0.15, 0.2) is 6.10 Å². The van der Waals surface area contributed by atoms with Crippen molar-refractivity contribution >= 4 is 17.9 Å². The number of carbonyl (C=O) groups excluding carboxylic acids is 3. The molecule has 0 heterocycles. The van der Waals surface area contributed by atoms with Crippen LogP contribution in [-0.4, -0.2) is 37.2 Å². The standard InChI is InChI=1S/C70H126O6/c1-4-7-10-13-16-19-22-24-26-28-30-31-32-33-34-35-36-37-38-39-40-42-43-45-48-51-54-57-60-63-69(72)75-66-67(65-74-68(71)62-59-56-53-50-47-21-18-15-12-9-6-3)76-70(73)64-61-58-55-52-49-46-44-41-29-27-25-23-20-17-14-11-8-5-2/h15,18,20,22-24,27-30,67H,4-14,16-17,19,21,25-26,31-66H2,1-3H3/b18-15-,23-20-,24-22-,29-27-,30-28-. The van der Waals surface area contributed by atoms with Crippen LogP contribution in [0.1, 0.15) is 348 Å². The molecule has 76 heavy (non-hydrogen) atoms. The fraction of sp³-hybridized carbons (Fsp3) is 0.814. The largest absolute Gasteiger partial charge is 0.462 e. The Bertz CT molecular complexity index is 1360. The summed E-state index contributed by atoms with van der Waals surface area (Å²) in [7, 11) is 0. The summed E-state index contributed by atoms with van der Waals surface area (Å²) >= 11 is 0. The first-order chi connectivity index (χ1) is 37.5. The zero-order valence-corrected chi connectivity index (χ0v) is 50.8. The van der Waals surface area contributed by atoms with Gasteiger partial charge in [-0.05, 0) is 103 Å². The van der Waals surface area contributed by atoms with Crippen molar-refractivity contribution in [1.82, 2.24) is 0 Å². The Labute approximate surface area is 472 Å². The van der Waals surface area contributed by atoms with Crippen LogP contribution in [-0.2, 0) is 28.6 Å². The Morgan fingerprint density at radius 2 is 0.487 bits per heavy atom. The summed E-state index contributed by atoms with van der Waals surface area (Å²) in [6.45, 7) is 6.60. The molecule has 0 rings (SSSR count). The molecule has 0 fully saturated rings. The van der Waals surface area contributed by atoms with Crippen molar-refractivity contribution in [2.75, 3.05) is 13.2 Å². The van der Waals surface area contributed by atoms with Crippen LogP contribution < -0.4 is 0 Å². The maximum absolute atomic E-state index is 12.9. The van der Waals surface area contributed by atoms with E-state index in [2.05, 4.69) is 81.5 Å². The first-order valence-electron chi connectivity index (χ1n) is 33.3. The molecule has 442 valence electrons. The van der Waals surface area contributed by atoms with Crippen molar-refractivity contribution in [1.29, 1.82) is 0 Å². The van der Waals surface area contributed by atoms with Gasteiger partial charge in [-0.15, -0.1) is 0 Å². The van der Waals surface area contributed by atoms with Gasteiger partial charge in [0.05, 0.1) is 0 Å². The summed E-state index contributed by atoms with van der Waals surface area (Å²) in [5.41, 5.74) is 0. The van der Waals surface area contributed by atoms with Crippen molar-refractivity contribution in [3.63, 3.8) is 0 Å². The van der Waals surface area contributed by atoms with Gasteiger partial charge in [-0.2, -0.15) is 0 Å². The molecule has 0 aromatic heterocycles. The van der Waals surface area contributed by atoms with E-state index in [9.17, 15) is 14.4 Å². The van der Waals surface area contributed by atoms with Crippen molar-refractivity contribution in [2.45, 2.75) is 354 Å². The van der Waals surface area contributed by atoms with Crippen molar-refractivity contribution < 1.29 is 28.6 Å². The molecule has 0 bridgehead atoms. The molecule has 0 aliphatic heterocycles. The van der Waals surface area contributed by atoms with Gasteiger partial charge < -0.3 is 14.2 Å². The third-order valence-electron chi connectivity index (χ3n) is 14.7. The number of carbonyl (C=O) groups is 3. The van der Waals surface area contributed by atoms with Gasteiger partial charge in [-0.3, -0.25) is 14.4 Å². The highest BCUT2D eigenvalue weighted by molar-refractivity contribution is 5.71. The first kappa shape index (κ1) is 73.1. The molecule has 0 amide bonds. The third-order valence-corrected chi connectivity index (χ3v) is 14.7. The average Bonchev–Trinajstić information content (AvgIpc) is 3.42. The van der Waals surface area contributed by atoms with Crippen LogP contribution in [0.4, 0.5) is 0 Å². The number of rotatable bonds is 61. The number of esters is 3.